The molecule has 4 aliphatic heterocycles. The number of nitrogen functional groups attached to an aromatic ring is 1. The van der Waals surface area contributed by atoms with E-state index in [-0.39, 0.29) is 41.3 Å². The van der Waals surface area contributed by atoms with Crippen LogP contribution in [-0.4, -0.2) is 89.9 Å². The van der Waals surface area contributed by atoms with Gasteiger partial charge in [-0.2, -0.15) is 9.97 Å². The van der Waals surface area contributed by atoms with Gasteiger partial charge in [-0.1, -0.05) is 19.9 Å². The lowest BCUT2D eigenvalue weighted by molar-refractivity contribution is -0.130. The first-order valence-corrected chi connectivity index (χ1v) is 18.5. The van der Waals surface area contributed by atoms with Crippen LogP contribution in [0.15, 0.2) is 12.1 Å². The van der Waals surface area contributed by atoms with Crippen molar-refractivity contribution >= 4 is 49.1 Å². The molecule has 4 unspecified atom stereocenters. The molecule has 5 aliphatic rings. The van der Waals surface area contributed by atoms with Crippen LogP contribution in [0.1, 0.15) is 64.0 Å². The summed E-state index contributed by atoms with van der Waals surface area (Å²) in [5.41, 5.74) is 8.84. The predicted octanol–water partition coefficient (Wildman–Crippen LogP) is 6.71. The number of carbonyl (C=O) groups is 1. The second kappa shape index (κ2) is 12.7. The number of hydrogen-bond acceptors (Lipinski definition) is 9. The molecule has 6 heterocycles. The third-order valence-corrected chi connectivity index (χ3v) is 11.9. The van der Waals surface area contributed by atoms with Crippen molar-refractivity contribution in [2.75, 3.05) is 50.5 Å². The highest BCUT2D eigenvalue weighted by Gasteiger charge is 2.40. The molecule has 0 bridgehead atoms. The summed E-state index contributed by atoms with van der Waals surface area (Å²) in [5.74, 6) is 0.566. The Kier molecular flexibility index (Phi) is 8.48. The van der Waals surface area contributed by atoms with Crippen molar-refractivity contribution in [1.82, 2.24) is 19.8 Å². The predicted molar refractivity (Wildman–Crippen MR) is 190 cm³/mol. The van der Waals surface area contributed by atoms with E-state index in [1.165, 1.54) is 37.4 Å². The van der Waals surface area contributed by atoms with Crippen molar-refractivity contribution in [3.05, 3.63) is 34.9 Å². The largest absolute Gasteiger partial charge is 0.488 e. The molecule has 9 nitrogen and oxygen atoms in total. The summed E-state index contributed by atoms with van der Waals surface area (Å²) in [4.78, 5) is 28.4. The first-order chi connectivity index (χ1) is 24.0. The molecule has 50 heavy (non-hydrogen) atoms. The zero-order valence-corrected chi connectivity index (χ0v) is 29.7. The average molecular weight is 709 g/mol. The molecule has 0 spiro atoms. The van der Waals surface area contributed by atoms with Crippen LogP contribution in [0.25, 0.3) is 32.1 Å². The number of halogens is 3. The number of benzene rings is 2. The Morgan fingerprint density at radius 3 is 2.68 bits per heavy atom. The molecule has 1 amide bonds. The molecular weight excluding hydrogens is 666 g/mol. The van der Waals surface area contributed by atoms with Crippen LogP contribution in [-0.2, 0) is 11.2 Å². The standard InChI is InChI=1S/C30H31F2N5O3S.C7H12FN/c1-13(2)9-20(38)36-8-7-15(12-36)37-11-14(3)40-26-17-10-18-22-16(5-6-19(31)27(22)41-28(18)33)21(17)24(32)25-23(26)29(37)35-30(34-25)39-4;8-6-4-7-2-1-3-9(7)5-6/h5-6,13-15H,7-12,33H2,1-4H3;6-7H,1-5H2. The summed E-state index contributed by atoms with van der Waals surface area (Å²) >= 11 is 1.18. The van der Waals surface area contributed by atoms with E-state index < -0.39 is 12.0 Å². The van der Waals surface area contributed by atoms with Crippen LogP contribution in [0, 0.1) is 17.6 Å². The van der Waals surface area contributed by atoms with E-state index in [0.29, 0.717) is 93.8 Å². The van der Waals surface area contributed by atoms with Gasteiger partial charge in [-0.25, -0.2) is 13.2 Å². The Bertz CT molecular complexity index is 1990. The summed E-state index contributed by atoms with van der Waals surface area (Å²) in [6, 6.07) is 3.60. The maximum absolute atomic E-state index is 16.7. The molecule has 0 radical (unpaired) electrons. The number of anilines is 2. The molecule has 3 fully saturated rings. The monoisotopic (exact) mass is 708 g/mol. The number of amides is 1. The number of rotatable bonds is 4. The number of thiophene rings is 1. The molecular formula is C37H43F3N6O3S. The van der Waals surface area contributed by atoms with Crippen LogP contribution in [0.3, 0.4) is 0 Å². The molecule has 9 rings (SSSR count). The second-order valence-corrected chi connectivity index (χ2v) is 15.8. The van der Waals surface area contributed by atoms with Crippen molar-refractivity contribution in [1.29, 1.82) is 0 Å². The van der Waals surface area contributed by atoms with Gasteiger partial charge < -0.3 is 25.0 Å². The molecule has 4 aromatic rings. The van der Waals surface area contributed by atoms with Crippen molar-refractivity contribution < 1.29 is 27.4 Å². The van der Waals surface area contributed by atoms with Gasteiger partial charge in [0.2, 0.25) is 5.91 Å². The highest BCUT2D eigenvalue weighted by Crippen LogP contribution is 2.53. The maximum Gasteiger partial charge on any atom is 0.318 e. The van der Waals surface area contributed by atoms with Crippen LogP contribution in [0.5, 0.6) is 11.8 Å². The summed E-state index contributed by atoms with van der Waals surface area (Å²) in [7, 11) is 1.46. The van der Waals surface area contributed by atoms with Gasteiger partial charge in [-0.3, -0.25) is 9.69 Å². The topological polar surface area (TPSA) is 97.0 Å². The molecule has 3 saturated heterocycles. The minimum Gasteiger partial charge on any atom is -0.488 e. The van der Waals surface area contributed by atoms with Crippen LogP contribution >= 0.6 is 11.3 Å². The maximum atomic E-state index is 16.7. The van der Waals surface area contributed by atoms with Gasteiger partial charge in [0.05, 0.1) is 28.7 Å². The van der Waals surface area contributed by atoms with E-state index in [1.807, 2.05) is 25.7 Å². The molecule has 2 aromatic carbocycles. The van der Waals surface area contributed by atoms with Crippen molar-refractivity contribution in [2.24, 2.45) is 5.92 Å². The summed E-state index contributed by atoms with van der Waals surface area (Å²) in [6.45, 7) is 9.61. The molecule has 4 atom stereocenters. The molecule has 13 heteroatoms. The van der Waals surface area contributed by atoms with E-state index in [1.54, 1.807) is 6.07 Å². The number of alkyl halides is 1. The van der Waals surface area contributed by atoms with Gasteiger partial charge in [-0.15, -0.1) is 11.3 Å². The molecule has 2 N–H and O–H groups in total. The summed E-state index contributed by atoms with van der Waals surface area (Å²) < 4.78 is 56.6. The third kappa shape index (κ3) is 5.51. The minimum atomic E-state index is -0.526. The number of hydrogen-bond donors (Lipinski definition) is 1. The van der Waals surface area contributed by atoms with Gasteiger partial charge >= 0.3 is 6.01 Å². The molecule has 266 valence electrons. The summed E-state index contributed by atoms with van der Waals surface area (Å²) in [6.07, 6.45) is 4.10. The average Bonchev–Trinajstić information content (AvgIpc) is 3.86. The number of methoxy groups -OCH3 is 1. The fourth-order valence-corrected chi connectivity index (χ4v) is 9.67. The van der Waals surface area contributed by atoms with E-state index in [2.05, 4.69) is 14.8 Å². The lowest BCUT2D eigenvalue weighted by Gasteiger charge is -2.31. The zero-order chi connectivity index (χ0) is 35.0. The van der Waals surface area contributed by atoms with Crippen molar-refractivity contribution in [3.63, 3.8) is 0 Å². The smallest absolute Gasteiger partial charge is 0.318 e. The van der Waals surface area contributed by atoms with Crippen LogP contribution in [0.2, 0.25) is 0 Å². The van der Waals surface area contributed by atoms with Gasteiger partial charge in [0.15, 0.2) is 5.82 Å². The Hall–Kier alpha value is -3.84. The molecule has 2 aromatic heterocycles. The number of ether oxygens (including phenoxy) is 2. The molecule has 0 saturated carbocycles. The highest BCUT2D eigenvalue weighted by atomic mass is 32.1. The first-order valence-electron chi connectivity index (χ1n) is 17.7. The number of aromatic nitrogens is 2. The number of nitrogens with two attached hydrogens (primary N) is 1. The zero-order valence-electron chi connectivity index (χ0n) is 28.9. The van der Waals surface area contributed by atoms with E-state index in [9.17, 15) is 13.6 Å². The highest BCUT2D eigenvalue weighted by molar-refractivity contribution is 7.23. The number of carbonyl (C=O) groups excluding carboxylic acids is 1. The number of likely N-dealkylation sites (tertiary alicyclic amines) is 1. The van der Waals surface area contributed by atoms with E-state index in [4.69, 9.17) is 20.2 Å². The van der Waals surface area contributed by atoms with E-state index >= 15 is 4.39 Å². The fourth-order valence-electron chi connectivity index (χ4n) is 8.65. The quantitative estimate of drug-likeness (QED) is 0.220. The minimum absolute atomic E-state index is 0.0270. The lowest BCUT2D eigenvalue weighted by atomic mass is 9.84. The van der Waals surface area contributed by atoms with E-state index in [0.717, 1.165) is 24.9 Å². The van der Waals surface area contributed by atoms with Gasteiger partial charge in [0.1, 0.15) is 35.2 Å². The van der Waals surface area contributed by atoms with Crippen molar-refractivity contribution in [3.8, 4) is 22.9 Å². The number of fused-ring (bicyclic) bond motifs is 4. The second-order valence-electron chi connectivity index (χ2n) is 14.8. The Labute approximate surface area is 293 Å². The lowest BCUT2D eigenvalue weighted by Crippen LogP contribution is -2.43. The van der Waals surface area contributed by atoms with Crippen LogP contribution in [0.4, 0.5) is 24.0 Å². The van der Waals surface area contributed by atoms with Gasteiger partial charge in [-0.05, 0) is 62.3 Å². The first kappa shape index (κ1) is 33.3. The Balaban J connectivity index is 0.000000346. The third-order valence-electron chi connectivity index (χ3n) is 10.9. The van der Waals surface area contributed by atoms with Gasteiger partial charge in [0.25, 0.3) is 0 Å². The molecule has 1 aliphatic carbocycles. The van der Waals surface area contributed by atoms with Crippen molar-refractivity contribution in [2.45, 2.75) is 83.7 Å². The Morgan fingerprint density at radius 1 is 1.10 bits per heavy atom. The summed E-state index contributed by atoms with van der Waals surface area (Å²) in [5, 5.41) is 1.64. The SMILES string of the molecule is COc1nc2c3c(c4c(c(F)c3n1)-c1ccc(F)c3sc(N)c(c13)C4)OC(C)CN2C1CCN(C(=O)CC(C)C)C1.FC1CC2CCCN2C1. The number of nitrogens with zero attached hydrogens (tertiary/aromatic N) is 5. The normalized spacial score (nSPS) is 23.9. The Morgan fingerprint density at radius 2 is 1.92 bits per heavy atom. The van der Waals surface area contributed by atoms with Gasteiger partial charge in [0, 0.05) is 61.1 Å². The van der Waals surface area contributed by atoms with Crippen LogP contribution < -0.4 is 20.1 Å². The fraction of sp³-hybridized carbons (Fsp3) is 0.541.